The monoisotopic (exact) mass is 306 g/mol. The van der Waals surface area contributed by atoms with E-state index in [1.165, 1.54) is 18.2 Å². The minimum atomic E-state index is -0.876. The van der Waals surface area contributed by atoms with Gasteiger partial charge in [0.15, 0.2) is 11.6 Å². The van der Waals surface area contributed by atoms with Crippen LogP contribution in [0.3, 0.4) is 0 Å². The molecule has 116 valence electrons. The molecule has 1 aliphatic rings. The minimum absolute atomic E-state index is 0.0119. The smallest absolute Gasteiger partial charge is 0.182 e. The Morgan fingerprint density at radius 1 is 1.00 bits per heavy atom. The second-order valence-electron chi connectivity index (χ2n) is 5.73. The van der Waals surface area contributed by atoms with Gasteiger partial charge >= 0.3 is 0 Å². The van der Waals surface area contributed by atoms with E-state index in [4.69, 9.17) is 5.73 Å². The van der Waals surface area contributed by atoms with Crippen LogP contribution >= 0.6 is 0 Å². The van der Waals surface area contributed by atoms with Gasteiger partial charge in [0.05, 0.1) is 5.69 Å². The summed E-state index contributed by atoms with van der Waals surface area (Å²) in [6.07, 6.45) is 0.691. The highest BCUT2D eigenvalue weighted by molar-refractivity contribution is 5.49. The van der Waals surface area contributed by atoms with E-state index >= 15 is 0 Å². The molecule has 0 spiro atoms. The van der Waals surface area contributed by atoms with Gasteiger partial charge in [-0.3, -0.25) is 0 Å². The lowest BCUT2D eigenvalue weighted by Gasteiger charge is -2.38. The summed E-state index contributed by atoms with van der Waals surface area (Å²) in [5.74, 6) is -2.06. The zero-order valence-electron chi connectivity index (χ0n) is 12.0. The first-order valence-electron chi connectivity index (χ1n) is 7.24. The number of benzene rings is 2. The van der Waals surface area contributed by atoms with E-state index in [1.54, 1.807) is 17.0 Å². The molecule has 2 aromatic rings. The quantitative estimate of drug-likeness (QED) is 0.921. The topological polar surface area (TPSA) is 29.3 Å². The van der Waals surface area contributed by atoms with Gasteiger partial charge in [0.1, 0.15) is 5.82 Å². The molecule has 0 aliphatic carbocycles. The summed E-state index contributed by atoms with van der Waals surface area (Å²) in [6, 6.07) is 10.3. The molecule has 1 heterocycles. The number of rotatable bonds is 2. The van der Waals surface area contributed by atoms with E-state index < -0.39 is 11.6 Å². The Bertz CT molecular complexity index is 675. The van der Waals surface area contributed by atoms with Crippen LogP contribution in [0.15, 0.2) is 42.5 Å². The average Bonchev–Trinajstić information content (AvgIpc) is 2.49. The Balaban J connectivity index is 1.89. The summed E-state index contributed by atoms with van der Waals surface area (Å²) in [4.78, 5) is 1.74. The summed E-state index contributed by atoms with van der Waals surface area (Å²) in [5.41, 5.74) is 7.10. The fourth-order valence-corrected chi connectivity index (χ4v) is 3.07. The molecule has 2 unspecified atom stereocenters. The van der Waals surface area contributed by atoms with Gasteiger partial charge in [0, 0.05) is 25.0 Å². The lowest BCUT2D eigenvalue weighted by molar-refractivity contribution is 0.441. The summed E-state index contributed by atoms with van der Waals surface area (Å²) >= 11 is 0. The molecule has 0 saturated carbocycles. The zero-order chi connectivity index (χ0) is 15.7. The van der Waals surface area contributed by atoms with Crippen molar-refractivity contribution in [1.82, 2.24) is 0 Å². The number of nitrogens with zero attached hydrogens (tertiary/aromatic N) is 1. The van der Waals surface area contributed by atoms with Crippen molar-refractivity contribution >= 4 is 5.69 Å². The molecule has 0 bridgehead atoms. The largest absolute Gasteiger partial charge is 0.367 e. The fraction of sp³-hybridized carbons (Fsp3) is 0.294. The zero-order valence-corrected chi connectivity index (χ0v) is 12.0. The molecule has 1 aliphatic heterocycles. The molecule has 5 heteroatoms. The van der Waals surface area contributed by atoms with Gasteiger partial charge in [-0.2, -0.15) is 0 Å². The molecular formula is C17H17F3N2. The first-order valence-corrected chi connectivity index (χ1v) is 7.24. The lowest BCUT2D eigenvalue weighted by atomic mass is 9.88. The molecule has 0 radical (unpaired) electrons. The predicted molar refractivity (Wildman–Crippen MR) is 80.3 cm³/mol. The predicted octanol–water partition coefficient (Wildman–Crippen LogP) is 3.43. The average molecular weight is 306 g/mol. The fourth-order valence-electron chi connectivity index (χ4n) is 3.07. The lowest BCUT2D eigenvalue weighted by Crippen LogP contribution is -2.46. The Morgan fingerprint density at radius 3 is 2.55 bits per heavy atom. The molecule has 2 N–H and O–H groups in total. The highest BCUT2D eigenvalue weighted by atomic mass is 19.2. The molecule has 2 aromatic carbocycles. The number of halogens is 3. The first kappa shape index (κ1) is 14.9. The van der Waals surface area contributed by atoms with Crippen molar-refractivity contribution in [1.29, 1.82) is 0 Å². The molecule has 2 atom stereocenters. The van der Waals surface area contributed by atoms with Gasteiger partial charge in [-0.05, 0) is 36.2 Å². The standard InChI is InChI=1S/C17H17F3N2/c18-13-4-1-3-11(7-13)12-8-14(21)10-22(9-12)16-6-2-5-15(19)17(16)20/h1-7,12,14H,8-10,21H2. The van der Waals surface area contributed by atoms with Crippen LogP contribution in [0.1, 0.15) is 17.9 Å². The van der Waals surface area contributed by atoms with Crippen molar-refractivity contribution in [2.45, 2.75) is 18.4 Å². The Hall–Kier alpha value is -2.01. The van der Waals surface area contributed by atoms with Gasteiger partial charge in [0.25, 0.3) is 0 Å². The van der Waals surface area contributed by atoms with Gasteiger partial charge < -0.3 is 10.6 Å². The third-order valence-electron chi connectivity index (χ3n) is 4.07. The number of hydrogen-bond acceptors (Lipinski definition) is 2. The van der Waals surface area contributed by atoms with E-state index in [0.29, 0.717) is 19.5 Å². The van der Waals surface area contributed by atoms with Gasteiger partial charge in [-0.25, -0.2) is 13.2 Å². The number of hydrogen-bond donors (Lipinski definition) is 1. The highest BCUT2D eigenvalue weighted by Crippen LogP contribution is 2.31. The van der Waals surface area contributed by atoms with Gasteiger partial charge in [-0.1, -0.05) is 18.2 Å². The maximum Gasteiger partial charge on any atom is 0.182 e. The van der Waals surface area contributed by atoms with Crippen LogP contribution in [0, 0.1) is 17.5 Å². The van der Waals surface area contributed by atoms with Crippen LogP contribution in [-0.4, -0.2) is 19.1 Å². The van der Waals surface area contributed by atoms with E-state index in [2.05, 4.69) is 0 Å². The van der Waals surface area contributed by atoms with E-state index in [-0.39, 0.29) is 23.5 Å². The van der Waals surface area contributed by atoms with Crippen molar-refractivity contribution in [2.24, 2.45) is 5.73 Å². The maximum absolute atomic E-state index is 14.0. The van der Waals surface area contributed by atoms with Crippen molar-refractivity contribution in [3.05, 3.63) is 65.5 Å². The van der Waals surface area contributed by atoms with E-state index in [1.807, 2.05) is 6.07 Å². The Kier molecular flexibility index (Phi) is 4.07. The van der Waals surface area contributed by atoms with Crippen molar-refractivity contribution in [3.8, 4) is 0 Å². The number of piperidine rings is 1. The normalized spacial score (nSPS) is 21.9. The Morgan fingerprint density at radius 2 is 1.77 bits per heavy atom. The van der Waals surface area contributed by atoms with Crippen LogP contribution < -0.4 is 10.6 Å². The maximum atomic E-state index is 14.0. The second kappa shape index (κ2) is 6.01. The first-order chi connectivity index (χ1) is 10.5. The third kappa shape index (κ3) is 2.95. The second-order valence-corrected chi connectivity index (χ2v) is 5.73. The number of nitrogens with two attached hydrogens (primary N) is 1. The van der Waals surface area contributed by atoms with Crippen LogP contribution in [0.4, 0.5) is 18.9 Å². The molecule has 0 aromatic heterocycles. The van der Waals surface area contributed by atoms with Crippen LogP contribution in [-0.2, 0) is 0 Å². The molecule has 0 amide bonds. The summed E-state index contributed by atoms with van der Waals surface area (Å²) < 4.78 is 40.8. The molecule has 1 fully saturated rings. The van der Waals surface area contributed by atoms with Crippen LogP contribution in [0.2, 0.25) is 0 Å². The van der Waals surface area contributed by atoms with Crippen molar-refractivity contribution in [3.63, 3.8) is 0 Å². The van der Waals surface area contributed by atoms with E-state index in [0.717, 1.165) is 11.6 Å². The SMILES string of the molecule is NC1CC(c2cccc(F)c2)CN(c2cccc(F)c2F)C1. The van der Waals surface area contributed by atoms with Crippen LogP contribution in [0.5, 0.6) is 0 Å². The minimum Gasteiger partial charge on any atom is -0.367 e. The van der Waals surface area contributed by atoms with E-state index in [9.17, 15) is 13.2 Å². The van der Waals surface area contributed by atoms with Crippen molar-refractivity contribution < 1.29 is 13.2 Å². The summed E-state index contributed by atoms with van der Waals surface area (Å²) in [5, 5.41) is 0. The molecule has 1 saturated heterocycles. The summed E-state index contributed by atoms with van der Waals surface area (Å²) in [6.45, 7) is 0.934. The summed E-state index contributed by atoms with van der Waals surface area (Å²) in [7, 11) is 0. The third-order valence-corrected chi connectivity index (χ3v) is 4.07. The molecule has 2 nitrogen and oxygen atoms in total. The molecule has 22 heavy (non-hydrogen) atoms. The Labute approximate surface area is 127 Å². The number of anilines is 1. The van der Waals surface area contributed by atoms with Crippen LogP contribution in [0.25, 0.3) is 0 Å². The molecule has 3 rings (SSSR count). The highest BCUT2D eigenvalue weighted by Gasteiger charge is 2.28. The van der Waals surface area contributed by atoms with Crippen molar-refractivity contribution in [2.75, 3.05) is 18.0 Å². The molecular weight excluding hydrogens is 289 g/mol. The van der Waals surface area contributed by atoms with Gasteiger partial charge in [0.2, 0.25) is 0 Å². The van der Waals surface area contributed by atoms with Gasteiger partial charge in [-0.15, -0.1) is 0 Å².